The number of nitrogens with one attached hydrogen (secondary N) is 2. The zero-order valence-electron chi connectivity index (χ0n) is 10.8. The Morgan fingerprint density at radius 1 is 1.17 bits per heavy atom. The molecule has 0 radical (unpaired) electrons. The SMILES string of the molecule is CCc1cccc(NC(=O)c2ccc[nH]2)c1CC. The van der Waals surface area contributed by atoms with Crippen LogP contribution in [-0.2, 0) is 12.8 Å². The molecule has 0 atom stereocenters. The number of amides is 1. The maximum absolute atomic E-state index is 12.0. The van der Waals surface area contributed by atoms with Crippen LogP contribution in [-0.4, -0.2) is 10.9 Å². The highest BCUT2D eigenvalue weighted by atomic mass is 16.1. The second kappa shape index (κ2) is 5.54. The van der Waals surface area contributed by atoms with E-state index < -0.39 is 0 Å². The molecule has 0 aliphatic rings. The smallest absolute Gasteiger partial charge is 0.272 e. The minimum Gasteiger partial charge on any atom is -0.357 e. The van der Waals surface area contributed by atoms with E-state index in [1.807, 2.05) is 18.2 Å². The van der Waals surface area contributed by atoms with Crippen molar-refractivity contribution in [1.29, 1.82) is 0 Å². The molecule has 0 bridgehead atoms. The molecule has 0 unspecified atom stereocenters. The summed E-state index contributed by atoms with van der Waals surface area (Å²) in [6, 6.07) is 9.65. The van der Waals surface area contributed by atoms with Gasteiger partial charge in [-0.25, -0.2) is 0 Å². The standard InChI is InChI=1S/C15H18N2O/c1-3-11-7-5-8-13(12(11)4-2)17-15(18)14-9-6-10-16-14/h5-10,16H,3-4H2,1-2H3,(H,17,18). The Kier molecular flexibility index (Phi) is 3.82. The van der Waals surface area contributed by atoms with Crippen LogP contribution in [0, 0.1) is 0 Å². The van der Waals surface area contributed by atoms with Crippen LogP contribution in [0.3, 0.4) is 0 Å². The van der Waals surface area contributed by atoms with Crippen molar-refractivity contribution < 1.29 is 4.79 Å². The zero-order valence-corrected chi connectivity index (χ0v) is 10.8. The lowest BCUT2D eigenvalue weighted by molar-refractivity contribution is 0.102. The van der Waals surface area contributed by atoms with Crippen LogP contribution in [0.4, 0.5) is 5.69 Å². The second-order valence-electron chi connectivity index (χ2n) is 4.19. The molecule has 0 saturated heterocycles. The van der Waals surface area contributed by atoms with Crippen molar-refractivity contribution in [3.8, 4) is 0 Å². The minimum absolute atomic E-state index is 0.0945. The van der Waals surface area contributed by atoms with Crippen LogP contribution >= 0.6 is 0 Å². The molecule has 0 fully saturated rings. The fourth-order valence-electron chi connectivity index (χ4n) is 2.16. The van der Waals surface area contributed by atoms with E-state index >= 15 is 0 Å². The van der Waals surface area contributed by atoms with Gasteiger partial charge in [0.15, 0.2) is 0 Å². The number of H-pyrrole nitrogens is 1. The van der Waals surface area contributed by atoms with Crippen molar-refractivity contribution in [3.05, 3.63) is 53.3 Å². The summed E-state index contributed by atoms with van der Waals surface area (Å²) in [5.74, 6) is -0.0945. The number of aryl methyl sites for hydroxylation is 1. The highest BCUT2D eigenvalue weighted by Crippen LogP contribution is 2.21. The van der Waals surface area contributed by atoms with Gasteiger partial charge in [0.1, 0.15) is 5.69 Å². The van der Waals surface area contributed by atoms with Crippen LogP contribution in [0.1, 0.15) is 35.5 Å². The fourth-order valence-corrected chi connectivity index (χ4v) is 2.16. The molecule has 1 aromatic carbocycles. The van der Waals surface area contributed by atoms with Crippen LogP contribution < -0.4 is 5.32 Å². The molecule has 0 spiro atoms. The first-order valence-electron chi connectivity index (χ1n) is 6.31. The maximum atomic E-state index is 12.0. The highest BCUT2D eigenvalue weighted by molar-refractivity contribution is 6.03. The summed E-state index contributed by atoms with van der Waals surface area (Å²) in [4.78, 5) is 14.9. The molecule has 2 aromatic rings. The average molecular weight is 242 g/mol. The van der Waals surface area contributed by atoms with E-state index in [0.29, 0.717) is 5.69 Å². The van der Waals surface area contributed by atoms with Gasteiger partial charge in [-0.1, -0.05) is 26.0 Å². The van der Waals surface area contributed by atoms with E-state index in [1.165, 1.54) is 11.1 Å². The summed E-state index contributed by atoms with van der Waals surface area (Å²) >= 11 is 0. The second-order valence-corrected chi connectivity index (χ2v) is 4.19. The summed E-state index contributed by atoms with van der Waals surface area (Å²) in [5, 5.41) is 2.97. The lowest BCUT2D eigenvalue weighted by atomic mass is 10.0. The van der Waals surface area contributed by atoms with Gasteiger partial charge in [0.05, 0.1) is 0 Å². The predicted molar refractivity (Wildman–Crippen MR) is 73.9 cm³/mol. The Hall–Kier alpha value is -2.03. The summed E-state index contributed by atoms with van der Waals surface area (Å²) in [6.45, 7) is 4.24. The van der Waals surface area contributed by atoms with Gasteiger partial charge in [0.25, 0.3) is 5.91 Å². The average Bonchev–Trinajstić information content (AvgIpc) is 2.92. The summed E-state index contributed by atoms with van der Waals surface area (Å²) < 4.78 is 0. The molecule has 2 rings (SSSR count). The molecule has 2 N–H and O–H groups in total. The van der Waals surface area contributed by atoms with Crippen LogP contribution in [0.5, 0.6) is 0 Å². The first-order chi connectivity index (χ1) is 8.76. The van der Waals surface area contributed by atoms with Gasteiger partial charge in [-0.2, -0.15) is 0 Å². The fraction of sp³-hybridized carbons (Fsp3) is 0.267. The van der Waals surface area contributed by atoms with Gasteiger partial charge < -0.3 is 10.3 Å². The van der Waals surface area contributed by atoms with Gasteiger partial charge in [-0.15, -0.1) is 0 Å². The van der Waals surface area contributed by atoms with E-state index in [-0.39, 0.29) is 5.91 Å². The maximum Gasteiger partial charge on any atom is 0.272 e. The van der Waals surface area contributed by atoms with Crippen LogP contribution in [0.2, 0.25) is 0 Å². The van der Waals surface area contributed by atoms with E-state index in [1.54, 1.807) is 12.3 Å². The minimum atomic E-state index is -0.0945. The van der Waals surface area contributed by atoms with Crippen molar-refractivity contribution >= 4 is 11.6 Å². The molecule has 0 saturated carbocycles. The first kappa shape index (κ1) is 12.4. The van der Waals surface area contributed by atoms with Gasteiger partial charge >= 0.3 is 0 Å². The third-order valence-electron chi connectivity index (χ3n) is 3.10. The zero-order chi connectivity index (χ0) is 13.0. The van der Waals surface area contributed by atoms with Crippen molar-refractivity contribution in [1.82, 2.24) is 4.98 Å². The number of hydrogen-bond acceptors (Lipinski definition) is 1. The number of aromatic amines is 1. The number of carbonyl (C=O) groups excluding carboxylic acids is 1. The van der Waals surface area contributed by atoms with Crippen molar-refractivity contribution in [2.75, 3.05) is 5.32 Å². The summed E-state index contributed by atoms with van der Waals surface area (Å²) in [6.07, 6.45) is 3.65. The van der Waals surface area contributed by atoms with Gasteiger partial charge in [0.2, 0.25) is 0 Å². The molecule has 3 nitrogen and oxygen atoms in total. The van der Waals surface area contributed by atoms with Crippen molar-refractivity contribution in [2.24, 2.45) is 0 Å². The number of anilines is 1. The molecule has 1 aromatic heterocycles. The Balaban J connectivity index is 2.26. The molecule has 0 aliphatic heterocycles. The van der Waals surface area contributed by atoms with Crippen molar-refractivity contribution in [2.45, 2.75) is 26.7 Å². The topological polar surface area (TPSA) is 44.9 Å². The van der Waals surface area contributed by atoms with Gasteiger partial charge in [0, 0.05) is 11.9 Å². The molecular weight excluding hydrogens is 224 g/mol. The molecule has 18 heavy (non-hydrogen) atoms. The molecule has 94 valence electrons. The number of carbonyl (C=O) groups is 1. The van der Waals surface area contributed by atoms with E-state index in [4.69, 9.17) is 0 Å². The number of rotatable bonds is 4. The first-order valence-corrected chi connectivity index (χ1v) is 6.31. The van der Waals surface area contributed by atoms with E-state index in [9.17, 15) is 4.79 Å². The normalized spacial score (nSPS) is 10.3. The molecule has 1 heterocycles. The monoisotopic (exact) mass is 242 g/mol. The Bertz CT molecular complexity index is 529. The Labute approximate surface area is 107 Å². The lowest BCUT2D eigenvalue weighted by Crippen LogP contribution is -2.14. The quantitative estimate of drug-likeness (QED) is 0.848. The lowest BCUT2D eigenvalue weighted by Gasteiger charge is -2.13. The molecule has 3 heteroatoms. The van der Waals surface area contributed by atoms with Crippen molar-refractivity contribution in [3.63, 3.8) is 0 Å². The summed E-state index contributed by atoms with van der Waals surface area (Å²) in [7, 11) is 0. The van der Waals surface area contributed by atoms with E-state index in [2.05, 4.69) is 30.2 Å². The number of hydrogen-bond donors (Lipinski definition) is 2. The summed E-state index contributed by atoms with van der Waals surface area (Å²) in [5.41, 5.74) is 4.01. The van der Waals surface area contributed by atoms with Crippen LogP contribution in [0.25, 0.3) is 0 Å². The largest absolute Gasteiger partial charge is 0.357 e. The van der Waals surface area contributed by atoms with E-state index in [0.717, 1.165) is 18.5 Å². The predicted octanol–water partition coefficient (Wildman–Crippen LogP) is 3.39. The molecular formula is C15H18N2O. The van der Waals surface area contributed by atoms with Gasteiger partial charge in [-0.05, 0) is 42.2 Å². The number of benzene rings is 1. The third kappa shape index (κ3) is 2.45. The molecule has 1 amide bonds. The van der Waals surface area contributed by atoms with Gasteiger partial charge in [-0.3, -0.25) is 4.79 Å². The van der Waals surface area contributed by atoms with Crippen LogP contribution in [0.15, 0.2) is 36.5 Å². The molecule has 0 aliphatic carbocycles. The Morgan fingerprint density at radius 3 is 2.61 bits per heavy atom. The Morgan fingerprint density at radius 2 is 2.00 bits per heavy atom. The highest BCUT2D eigenvalue weighted by Gasteiger charge is 2.10. The third-order valence-corrected chi connectivity index (χ3v) is 3.10. The number of aromatic nitrogens is 1.